The molecule has 2 aliphatic heterocycles. The number of morpholine rings is 1. The Morgan fingerprint density at radius 2 is 2.00 bits per heavy atom. The molecule has 4 rings (SSSR count). The van der Waals surface area contributed by atoms with Gasteiger partial charge in [0.2, 0.25) is 0 Å². The van der Waals surface area contributed by atoms with Crippen LogP contribution in [-0.2, 0) is 14.3 Å². The fourth-order valence-corrected chi connectivity index (χ4v) is 4.38. The smallest absolute Gasteiger partial charge is 0.290 e. The third kappa shape index (κ3) is 5.63. The molecule has 0 aliphatic carbocycles. The average molecular weight is 497 g/mol. The molecule has 2 aliphatic rings. The first-order chi connectivity index (χ1) is 17.5. The van der Waals surface area contributed by atoms with Gasteiger partial charge in [-0.1, -0.05) is 13.0 Å². The van der Waals surface area contributed by atoms with Crippen LogP contribution in [0.25, 0.3) is 6.08 Å². The van der Waals surface area contributed by atoms with E-state index in [-0.39, 0.29) is 5.57 Å². The Morgan fingerprint density at radius 3 is 2.69 bits per heavy atom. The third-order valence-corrected chi connectivity index (χ3v) is 6.24. The van der Waals surface area contributed by atoms with E-state index in [0.717, 1.165) is 19.5 Å². The largest absolute Gasteiger partial charge is 0.503 e. The summed E-state index contributed by atoms with van der Waals surface area (Å²) in [5.74, 6) is -0.0273. The summed E-state index contributed by atoms with van der Waals surface area (Å²) in [6, 6.07) is 7.97. The van der Waals surface area contributed by atoms with Gasteiger partial charge in [-0.05, 0) is 48.4 Å². The number of hydrogen-bond acceptors (Lipinski definition) is 8. The van der Waals surface area contributed by atoms with E-state index >= 15 is 0 Å². The molecule has 1 aromatic heterocycles. The number of carbonyl (C=O) groups excluding carboxylic acids is 2. The topological polar surface area (TPSA) is 102 Å². The first-order valence-corrected chi connectivity index (χ1v) is 12.1. The minimum Gasteiger partial charge on any atom is -0.503 e. The summed E-state index contributed by atoms with van der Waals surface area (Å²) in [5, 5.41) is 10.8. The molecule has 1 atom stereocenters. The molecular weight excluding hydrogens is 464 g/mol. The molecule has 1 fully saturated rings. The van der Waals surface area contributed by atoms with Crippen molar-refractivity contribution in [1.82, 2.24) is 9.80 Å². The molecule has 2 aromatic rings. The van der Waals surface area contributed by atoms with E-state index in [2.05, 4.69) is 4.90 Å². The van der Waals surface area contributed by atoms with E-state index in [1.807, 2.05) is 6.92 Å². The van der Waals surface area contributed by atoms with Crippen LogP contribution in [0.5, 0.6) is 11.5 Å². The van der Waals surface area contributed by atoms with Gasteiger partial charge in [-0.15, -0.1) is 0 Å². The molecule has 1 aromatic carbocycles. The fraction of sp³-hybridized carbons (Fsp3) is 0.407. The minimum atomic E-state index is -0.776. The van der Waals surface area contributed by atoms with Gasteiger partial charge < -0.3 is 28.6 Å². The molecule has 3 heterocycles. The quantitative estimate of drug-likeness (QED) is 0.473. The van der Waals surface area contributed by atoms with Crippen molar-refractivity contribution in [3.05, 3.63) is 65.3 Å². The van der Waals surface area contributed by atoms with Crippen LogP contribution >= 0.6 is 0 Å². The Hall–Kier alpha value is -3.56. The van der Waals surface area contributed by atoms with Gasteiger partial charge in [0, 0.05) is 26.2 Å². The maximum absolute atomic E-state index is 13.3. The number of hydrogen-bond donors (Lipinski definition) is 1. The molecule has 0 unspecified atom stereocenters. The van der Waals surface area contributed by atoms with Crippen molar-refractivity contribution in [2.24, 2.45) is 0 Å². The summed E-state index contributed by atoms with van der Waals surface area (Å²) in [7, 11) is 1.54. The lowest BCUT2D eigenvalue weighted by atomic mass is 9.95. The number of rotatable bonds is 11. The summed E-state index contributed by atoms with van der Waals surface area (Å²) in [4.78, 5) is 30.2. The molecule has 1 N–H and O–H groups in total. The van der Waals surface area contributed by atoms with Crippen LogP contribution in [0.2, 0.25) is 0 Å². The molecule has 9 heteroatoms. The second-order valence-electron chi connectivity index (χ2n) is 8.59. The Morgan fingerprint density at radius 1 is 1.19 bits per heavy atom. The van der Waals surface area contributed by atoms with Crippen LogP contribution < -0.4 is 9.47 Å². The summed E-state index contributed by atoms with van der Waals surface area (Å²) >= 11 is 0. The summed E-state index contributed by atoms with van der Waals surface area (Å²) in [5.41, 5.74) is 0.666. The number of amides is 1. The zero-order valence-corrected chi connectivity index (χ0v) is 20.6. The number of allylic oxidation sites excluding steroid dienone is 1. The lowest BCUT2D eigenvalue weighted by Crippen LogP contribution is -2.43. The van der Waals surface area contributed by atoms with Crippen molar-refractivity contribution in [1.29, 1.82) is 0 Å². The number of furan rings is 1. The van der Waals surface area contributed by atoms with E-state index < -0.39 is 23.5 Å². The Bertz CT molecular complexity index is 1120. The van der Waals surface area contributed by atoms with Crippen LogP contribution in [0.15, 0.2) is 58.4 Å². The standard InChI is InChI=1S/C27H32N2O7/c1-3-14-36-22-9-6-19(18-23(22)33-2)25-24(21(30)8-7-20-5-4-15-35-20)26(31)27(32)29(25)11-10-28-12-16-34-17-13-28/h4-9,15,18,25,31H,3,10-14,16-17H2,1-2H3/b8-7+/t25-/m0/s1. The van der Waals surface area contributed by atoms with Crippen LogP contribution in [0, 0.1) is 0 Å². The number of ketones is 1. The number of ether oxygens (including phenoxy) is 3. The molecule has 0 bridgehead atoms. The zero-order chi connectivity index (χ0) is 25.5. The van der Waals surface area contributed by atoms with E-state index in [4.69, 9.17) is 18.6 Å². The molecule has 192 valence electrons. The number of carbonyl (C=O) groups is 2. The second-order valence-corrected chi connectivity index (χ2v) is 8.59. The monoisotopic (exact) mass is 496 g/mol. The third-order valence-electron chi connectivity index (χ3n) is 6.24. The second kappa shape index (κ2) is 11.9. The van der Waals surface area contributed by atoms with Crippen LogP contribution in [-0.4, -0.2) is 79.7 Å². The lowest BCUT2D eigenvalue weighted by molar-refractivity contribution is -0.129. The van der Waals surface area contributed by atoms with Gasteiger partial charge in [0.25, 0.3) is 5.91 Å². The first kappa shape index (κ1) is 25.5. The van der Waals surface area contributed by atoms with Gasteiger partial charge >= 0.3 is 0 Å². The highest BCUT2D eigenvalue weighted by Gasteiger charge is 2.43. The van der Waals surface area contributed by atoms with Crippen LogP contribution in [0.3, 0.4) is 0 Å². The minimum absolute atomic E-state index is 0.0223. The SMILES string of the molecule is CCCOc1ccc([C@H]2C(C(=O)/C=C/c3ccco3)=C(O)C(=O)N2CCN2CCOCC2)cc1OC. The summed E-state index contributed by atoms with van der Waals surface area (Å²) in [6.07, 6.45) is 5.17. The van der Waals surface area contributed by atoms with Gasteiger partial charge in [0.1, 0.15) is 5.76 Å². The van der Waals surface area contributed by atoms with Crippen molar-refractivity contribution in [3.8, 4) is 11.5 Å². The van der Waals surface area contributed by atoms with Crippen LogP contribution in [0.1, 0.15) is 30.7 Å². The average Bonchev–Trinajstić information content (AvgIpc) is 3.52. The van der Waals surface area contributed by atoms with Crippen molar-refractivity contribution in [3.63, 3.8) is 0 Å². The summed E-state index contributed by atoms with van der Waals surface area (Å²) in [6.45, 7) is 6.28. The maximum Gasteiger partial charge on any atom is 0.290 e. The molecule has 0 saturated carbocycles. The van der Waals surface area contributed by atoms with E-state index in [9.17, 15) is 14.7 Å². The van der Waals surface area contributed by atoms with Gasteiger partial charge in [-0.25, -0.2) is 0 Å². The predicted octanol–water partition coefficient (Wildman–Crippen LogP) is 3.39. The Kier molecular flexibility index (Phi) is 8.45. The van der Waals surface area contributed by atoms with Gasteiger partial charge in [-0.3, -0.25) is 14.5 Å². The summed E-state index contributed by atoms with van der Waals surface area (Å²) < 4.78 is 22.0. The fourth-order valence-electron chi connectivity index (χ4n) is 4.38. The zero-order valence-electron chi connectivity index (χ0n) is 20.6. The molecule has 0 spiro atoms. The van der Waals surface area contributed by atoms with Crippen molar-refractivity contribution in [2.75, 3.05) is 53.1 Å². The molecule has 36 heavy (non-hydrogen) atoms. The molecule has 1 amide bonds. The number of aliphatic hydroxyl groups excluding tert-OH is 1. The van der Waals surface area contributed by atoms with E-state index in [1.165, 1.54) is 18.4 Å². The van der Waals surface area contributed by atoms with Crippen LogP contribution in [0.4, 0.5) is 0 Å². The molecule has 9 nitrogen and oxygen atoms in total. The number of aliphatic hydroxyl groups is 1. The number of benzene rings is 1. The number of nitrogens with zero attached hydrogens (tertiary/aromatic N) is 2. The lowest BCUT2D eigenvalue weighted by Gasteiger charge is -2.31. The maximum atomic E-state index is 13.3. The normalized spacial score (nSPS) is 18.9. The van der Waals surface area contributed by atoms with E-state index in [0.29, 0.717) is 55.7 Å². The van der Waals surface area contributed by atoms with E-state index in [1.54, 1.807) is 42.3 Å². The molecular formula is C27H32N2O7. The van der Waals surface area contributed by atoms with Gasteiger partial charge in [0.05, 0.1) is 44.8 Å². The Labute approximate surface area is 210 Å². The van der Waals surface area contributed by atoms with Crippen molar-refractivity contribution in [2.45, 2.75) is 19.4 Å². The first-order valence-electron chi connectivity index (χ1n) is 12.1. The van der Waals surface area contributed by atoms with Crippen molar-refractivity contribution >= 4 is 17.8 Å². The van der Waals surface area contributed by atoms with Gasteiger partial charge in [0.15, 0.2) is 23.0 Å². The molecule has 0 radical (unpaired) electrons. The molecule has 1 saturated heterocycles. The van der Waals surface area contributed by atoms with Gasteiger partial charge in [-0.2, -0.15) is 0 Å². The highest BCUT2D eigenvalue weighted by molar-refractivity contribution is 6.14. The highest BCUT2D eigenvalue weighted by Crippen LogP contribution is 2.41. The Balaban J connectivity index is 1.66. The highest BCUT2D eigenvalue weighted by atomic mass is 16.5. The predicted molar refractivity (Wildman–Crippen MR) is 133 cm³/mol. The number of methoxy groups -OCH3 is 1. The van der Waals surface area contributed by atoms with Crippen molar-refractivity contribution < 1.29 is 33.3 Å².